The van der Waals surface area contributed by atoms with Crippen LogP contribution in [0, 0.1) is 17.8 Å². The Bertz CT molecular complexity index is 634. The summed E-state index contributed by atoms with van der Waals surface area (Å²) in [4.78, 5) is 10.8. The van der Waals surface area contributed by atoms with Gasteiger partial charge in [-0.2, -0.15) is 0 Å². The smallest absolute Gasteiger partial charge is 0.357 e. The van der Waals surface area contributed by atoms with Gasteiger partial charge < -0.3 is 15.6 Å². The molecule has 0 aliphatic rings. The molecular weight excluding hydrogens is 308 g/mol. The summed E-state index contributed by atoms with van der Waals surface area (Å²) < 4.78 is 30.0. The molecule has 0 heterocycles. The molecule has 0 radical (unpaired) electrons. The van der Waals surface area contributed by atoms with E-state index in [1.54, 1.807) is 18.2 Å². The maximum Gasteiger partial charge on any atom is 0.357 e. The Morgan fingerprint density at radius 2 is 2.09 bits per heavy atom. The molecule has 0 fully saturated rings. The number of hydrogen-bond acceptors (Lipinski definition) is 5. The first-order valence-electron chi connectivity index (χ1n) is 6.60. The minimum Gasteiger partial charge on any atom is -0.476 e. The largest absolute Gasteiger partial charge is 0.476 e. The van der Waals surface area contributed by atoms with E-state index in [0.717, 1.165) is 0 Å². The average Bonchev–Trinajstić information content (AvgIpc) is 2.56. The summed E-state index contributed by atoms with van der Waals surface area (Å²) in [5.41, 5.74) is 7.32. The minimum atomic E-state index is -1.39. The first-order valence-corrected chi connectivity index (χ1v) is 6.60. The zero-order valence-corrected chi connectivity index (χ0v) is 12.2. The molecule has 0 saturated heterocycles. The number of carboxylic acids is 1. The molecule has 1 rings (SSSR count). The molecule has 0 atom stereocenters. The Morgan fingerprint density at radius 3 is 2.65 bits per heavy atom. The molecule has 0 saturated carbocycles. The number of nitrogens with one attached hydrogen (secondary N) is 1. The number of nitrogens with two attached hydrogens (primary N) is 2. The topological polar surface area (TPSA) is 111 Å². The van der Waals surface area contributed by atoms with Crippen LogP contribution in [0.4, 0.5) is 8.78 Å². The van der Waals surface area contributed by atoms with Crippen molar-refractivity contribution in [2.24, 2.45) is 17.5 Å². The number of hydrazine groups is 1. The average molecular weight is 325 g/mol. The van der Waals surface area contributed by atoms with Gasteiger partial charge in [-0.1, -0.05) is 17.9 Å². The lowest BCUT2D eigenvalue weighted by atomic mass is 10.1. The maximum atomic E-state index is 12.4. The maximum absolute atomic E-state index is 12.4. The van der Waals surface area contributed by atoms with Crippen molar-refractivity contribution >= 4 is 5.97 Å². The van der Waals surface area contributed by atoms with Crippen LogP contribution in [0.25, 0.3) is 0 Å². The molecule has 0 spiro atoms. The second-order valence-corrected chi connectivity index (χ2v) is 4.50. The van der Waals surface area contributed by atoms with E-state index in [-0.39, 0.29) is 18.1 Å². The molecule has 1 aromatic rings. The fourth-order valence-electron chi connectivity index (χ4n) is 1.46. The number of halogens is 2. The van der Waals surface area contributed by atoms with Crippen molar-refractivity contribution in [1.82, 2.24) is 5.43 Å². The van der Waals surface area contributed by atoms with Gasteiger partial charge in [0.1, 0.15) is 5.75 Å². The third-order valence-electron chi connectivity index (χ3n) is 2.72. The van der Waals surface area contributed by atoms with Crippen LogP contribution in [0.5, 0.6) is 5.75 Å². The second kappa shape index (κ2) is 9.27. The Morgan fingerprint density at radius 1 is 1.39 bits per heavy atom. The number of carboxylic acid groups (broad SMARTS) is 1. The molecule has 0 unspecified atom stereocenters. The molecule has 6 nitrogen and oxygen atoms in total. The van der Waals surface area contributed by atoms with Gasteiger partial charge in [0.2, 0.25) is 5.88 Å². The van der Waals surface area contributed by atoms with Crippen molar-refractivity contribution in [3.8, 4) is 17.6 Å². The summed E-state index contributed by atoms with van der Waals surface area (Å²) in [5.74, 6) is 8.41. The Labute approximate surface area is 132 Å². The highest BCUT2D eigenvalue weighted by Gasteiger charge is 2.12. The molecule has 23 heavy (non-hydrogen) atoms. The van der Waals surface area contributed by atoms with E-state index in [4.69, 9.17) is 21.4 Å². The molecule has 0 aromatic heterocycles. The van der Waals surface area contributed by atoms with Gasteiger partial charge in [-0.25, -0.2) is 10.6 Å². The zero-order chi connectivity index (χ0) is 17.2. The Hall–Kier alpha value is -2.79. The highest BCUT2D eigenvalue weighted by Crippen LogP contribution is 2.15. The molecule has 8 heteroatoms. The van der Waals surface area contributed by atoms with E-state index in [1.165, 1.54) is 6.07 Å². The van der Waals surface area contributed by atoms with Gasteiger partial charge in [-0.15, -0.1) is 0 Å². The molecule has 0 bridgehead atoms. The first-order chi connectivity index (χ1) is 11.0. The van der Waals surface area contributed by atoms with Crippen molar-refractivity contribution < 1.29 is 23.4 Å². The van der Waals surface area contributed by atoms with Crippen molar-refractivity contribution in [2.75, 3.05) is 13.3 Å². The third kappa shape index (κ3) is 5.84. The first kappa shape index (κ1) is 18.3. The van der Waals surface area contributed by atoms with E-state index in [9.17, 15) is 13.6 Å². The van der Waals surface area contributed by atoms with Gasteiger partial charge in [0.15, 0.2) is 5.70 Å². The minimum absolute atomic E-state index is 0.0968. The number of alkyl halides is 2. The number of aliphatic carboxylic acids is 1. The lowest BCUT2D eigenvalue weighted by Gasteiger charge is -2.10. The van der Waals surface area contributed by atoms with Crippen molar-refractivity contribution in [3.63, 3.8) is 0 Å². The number of rotatable bonds is 7. The van der Waals surface area contributed by atoms with E-state index in [2.05, 4.69) is 17.3 Å². The van der Waals surface area contributed by atoms with Crippen LogP contribution in [0.15, 0.2) is 35.8 Å². The van der Waals surface area contributed by atoms with Crippen molar-refractivity contribution in [2.45, 2.75) is 6.42 Å². The number of ether oxygens (including phenoxy) is 1. The van der Waals surface area contributed by atoms with E-state index >= 15 is 0 Å². The molecule has 0 amide bonds. The predicted octanol–water partition coefficient (Wildman–Crippen LogP) is 1.04. The highest BCUT2D eigenvalue weighted by atomic mass is 19.1. The summed E-state index contributed by atoms with van der Waals surface area (Å²) in [6.45, 7) is -1.53. The van der Waals surface area contributed by atoms with Crippen LogP contribution < -0.4 is 21.7 Å². The van der Waals surface area contributed by atoms with Crippen LogP contribution in [-0.4, -0.2) is 24.4 Å². The van der Waals surface area contributed by atoms with Gasteiger partial charge in [0.25, 0.3) is 0 Å². The standard InChI is InChI=1S/C15H17F2N3O3/c16-8-11(9-17)5-1-3-10-4-2-6-12(7-10)23-14(20-19)13(18)15(21)22/h2,4,6-7,11,20H,5,8-9,18-19H2,(H,21,22)/b14-13+. The summed E-state index contributed by atoms with van der Waals surface area (Å²) in [5, 5.41) is 8.79. The van der Waals surface area contributed by atoms with Gasteiger partial charge in [-0.3, -0.25) is 14.2 Å². The molecule has 124 valence electrons. The van der Waals surface area contributed by atoms with Gasteiger partial charge in [0, 0.05) is 17.9 Å². The van der Waals surface area contributed by atoms with Crippen LogP contribution in [-0.2, 0) is 4.79 Å². The van der Waals surface area contributed by atoms with Gasteiger partial charge in [-0.05, 0) is 18.2 Å². The highest BCUT2D eigenvalue weighted by molar-refractivity contribution is 5.85. The molecule has 1 aromatic carbocycles. The van der Waals surface area contributed by atoms with Crippen LogP contribution in [0.3, 0.4) is 0 Å². The summed E-state index contributed by atoms with van der Waals surface area (Å²) in [6, 6.07) is 6.34. The second-order valence-electron chi connectivity index (χ2n) is 4.50. The Balaban J connectivity index is 2.87. The molecular formula is C15H17F2N3O3. The number of hydrogen-bond donors (Lipinski definition) is 4. The van der Waals surface area contributed by atoms with Crippen LogP contribution in [0.1, 0.15) is 12.0 Å². The fraction of sp³-hybridized carbons (Fsp3) is 0.267. The van der Waals surface area contributed by atoms with E-state index < -0.39 is 30.9 Å². The zero-order valence-electron chi connectivity index (χ0n) is 12.2. The monoisotopic (exact) mass is 325 g/mol. The van der Waals surface area contributed by atoms with Crippen molar-refractivity contribution in [3.05, 3.63) is 41.4 Å². The number of benzene rings is 1. The summed E-state index contributed by atoms with van der Waals surface area (Å²) in [7, 11) is 0. The van der Waals surface area contributed by atoms with Gasteiger partial charge >= 0.3 is 5.97 Å². The SMILES string of the molecule is NN/C(Oc1cccc(C#CCC(CF)CF)c1)=C(\N)C(=O)O. The quantitative estimate of drug-likeness (QED) is 0.196. The third-order valence-corrected chi connectivity index (χ3v) is 2.72. The molecule has 0 aliphatic carbocycles. The fourth-order valence-corrected chi connectivity index (χ4v) is 1.46. The lowest BCUT2D eigenvalue weighted by molar-refractivity contribution is -0.132. The van der Waals surface area contributed by atoms with E-state index in [1.807, 2.05) is 0 Å². The summed E-state index contributed by atoms with van der Waals surface area (Å²) >= 11 is 0. The number of carbonyl (C=O) groups is 1. The van der Waals surface area contributed by atoms with Crippen molar-refractivity contribution in [1.29, 1.82) is 0 Å². The van der Waals surface area contributed by atoms with Crippen LogP contribution >= 0.6 is 0 Å². The lowest BCUT2D eigenvalue weighted by Crippen LogP contribution is -2.31. The molecule has 6 N–H and O–H groups in total. The summed E-state index contributed by atoms with van der Waals surface area (Å²) in [6.07, 6.45) is 0.0968. The van der Waals surface area contributed by atoms with E-state index in [0.29, 0.717) is 5.56 Å². The normalized spacial score (nSPS) is 11.3. The Kier molecular flexibility index (Phi) is 7.36. The van der Waals surface area contributed by atoms with Gasteiger partial charge in [0.05, 0.1) is 13.3 Å². The predicted molar refractivity (Wildman–Crippen MR) is 80.2 cm³/mol. The van der Waals surface area contributed by atoms with Crippen LogP contribution in [0.2, 0.25) is 0 Å². The molecule has 0 aliphatic heterocycles.